The van der Waals surface area contributed by atoms with Gasteiger partial charge in [-0.05, 0) is 18.8 Å². The van der Waals surface area contributed by atoms with Crippen molar-refractivity contribution in [3.63, 3.8) is 0 Å². The van der Waals surface area contributed by atoms with E-state index < -0.39 is 6.10 Å². The van der Waals surface area contributed by atoms with Crippen LogP contribution in [0, 0.1) is 5.92 Å². The molecule has 5 heteroatoms. The first-order valence-corrected chi connectivity index (χ1v) is 19.0. The standard InChI is InChI=1S/C38H74O5/c1-4-5-6-7-8-9-10-11-12-13-14-15-16-17-18-23-26-29-32-38(41)43-36(33-39)34-42-37(40)31-28-25-22-20-19-21-24-27-30-35(2)3/h35-36,39H,4-34H2,1-3H3/t36-/m0/s1. The molecule has 0 saturated carbocycles. The van der Waals surface area contributed by atoms with Crippen LogP contribution in [0.3, 0.4) is 0 Å². The number of aliphatic hydroxyl groups excluding tert-OH is 1. The van der Waals surface area contributed by atoms with Crippen LogP contribution in [0.4, 0.5) is 0 Å². The van der Waals surface area contributed by atoms with E-state index in [0.717, 1.165) is 44.4 Å². The molecule has 1 atom stereocenters. The summed E-state index contributed by atoms with van der Waals surface area (Å²) in [6, 6.07) is 0. The number of rotatable bonds is 34. The van der Waals surface area contributed by atoms with Gasteiger partial charge in [-0.25, -0.2) is 0 Å². The highest BCUT2D eigenvalue weighted by atomic mass is 16.6. The number of carbonyl (C=O) groups excluding carboxylic acids is 2. The van der Waals surface area contributed by atoms with Crippen LogP contribution in [0.15, 0.2) is 0 Å². The SMILES string of the molecule is CCCCCCCCCCCCCCCCCCCCC(=O)O[C@@H](CO)COC(=O)CCCCCCCCCCC(C)C. The molecule has 0 saturated heterocycles. The normalized spacial score (nSPS) is 12.1. The van der Waals surface area contributed by atoms with Crippen LogP contribution in [0.2, 0.25) is 0 Å². The van der Waals surface area contributed by atoms with Gasteiger partial charge in [0.1, 0.15) is 6.61 Å². The molecule has 0 aromatic rings. The monoisotopic (exact) mass is 611 g/mol. The van der Waals surface area contributed by atoms with Gasteiger partial charge >= 0.3 is 11.9 Å². The van der Waals surface area contributed by atoms with Crippen molar-refractivity contribution in [1.82, 2.24) is 0 Å². The third-order valence-electron chi connectivity index (χ3n) is 8.58. The van der Waals surface area contributed by atoms with Gasteiger partial charge in [0, 0.05) is 12.8 Å². The molecule has 0 heterocycles. The van der Waals surface area contributed by atoms with Gasteiger partial charge in [0.2, 0.25) is 0 Å². The maximum atomic E-state index is 12.1. The molecule has 256 valence electrons. The maximum Gasteiger partial charge on any atom is 0.306 e. The van der Waals surface area contributed by atoms with Crippen LogP contribution in [0.5, 0.6) is 0 Å². The summed E-state index contributed by atoms with van der Waals surface area (Å²) in [5.74, 6) is 0.227. The highest BCUT2D eigenvalue weighted by Gasteiger charge is 2.16. The molecule has 0 aromatic carbocycles. The number of carbonyl (C=O) groups is 2. The summed E-state index contributed by atoms with van der Waals surface area (Å²) in [6.07, 6.45) is 34.5. The summed E-state index contributed by atoms with van der Waals surface area (Å²) >= 11 is 0. The molecule has 0 aliphatic carbocycles. The van der Waals surface area contributed by atoms with Crippen LogP contribution in [-0.2, 0) is 19.1 Å². The molecular weight excluding hydrogens is 536 g/mol. The highest BCUT2D eigenvalue weighted by molar-refractivity contribution is 5.70. The lowest BCUT2D eigenvalue weighted by atomic mass is 10.0. The Morgan fingerprint density at radius 2 is 0.860 bits per heavy atom. The topological polar surface area (TPSA) is 72.8 Å². The lowest BCUT2D eigenvalue weighted by Gasteiger charge is -2.15. The molecule has 0 fully saturated rings. The van der Waals surface area contributed by atoms with E-state index in [4.69, 9.17) is 9.47 Å². The first-order chi connectivity index (χ1) is 21.0. The molecule has 0 amide bonds. The average molecular weight is 611 g/mol. The van der Waals surface area contributed by atoms with Gasteiger partial charge in [-0.15, -0.1) is 0 Å². The van der Waals surface area contributed by atoms with Gasteiger partial charge in [0.25, 0.3) is 0 Å². The van der Waals surface area contributed by atoms with E-state index in [-0.39, 0.29) is 25.2 Å². The second-order valence-electron chi connectivity index (χ2n) is 13.5. The highest BCUT2D eigenvalue weighted by Crippen LogP contribution is 2.16. The van der Waals surface area contributed by atoms with Crippen LogP contribution < -0.4 is 0 Å². The summed E-state index contributed by atoms with van der Waals surface area (Å²) in [5.41, 5.74) is 0. The number of aliphatic hydroxyl groups is 1. The van der Waals surface area contributed by atoms with Crippen LogP contribution in [0.25, 0.3) is 0 Å². The zero-order valence-electron chi connectivity index (χ0n) is 29.2. The molecule has 0 rings (SSSR count). The summed E-state index contributed by atoms with van der Waals surface area (Å²) in [7, 11) is 0. The van der Waals surface area contributed by atoms with E-state index >= 15 is 0 Å². The number of hydrogen-bond acceptors (Lipinski definition) is 5. The fraction of sp³-hybridized carbons (Fsp3) is 0.947. The third kappa shape index (κ3) is 33.6. The van der Waals surface area contributed by atoms with Gasteiger partial charge in [0.05, 0.1) is 6.61 Å². The van der Waals surface area contributed by atoms with Crippen molar-refractivity contribution in [3.05, 3.63) is 0 Å². The molecular formula is C38H74O5. The predicted octanol–water partition coefficient (Wildman–Crippen LogP) is 11.4. The predicted molar refractivity (Wildman–Crippen MR) is 182 cm³/mol. The van der Waals surface area contributed by atoms with Crippen molar-refractivity contribution < 1.29 is 24.2 Å². The van der Waals surface area contributed by atoms with Crippen molar-refractivity contribution in [1.29, 1.82) is 0 Å². The maximum absolute atomic E-state index is 12.1. The van der Waals surface area contributed by atoms with Gasteiger partial charge in [0.15, 0.2) is 6.10 Å². The van der Waals surface area contributed by atoms with E-state index in [1.54, 1.807) is 0 Å². The van der Waals surface area contributed by atoms with E-state index in [9.17, 15) is 14.7 Å². The summed E-state index contributed by atoms with van der Waals surface area (Å²) < 4.78 is 10.6. The Morgan fingerprint density at radius 3 is 1.23 bits per heavy atom. The second kappa shape index (κ2) is 33.8. The Kier molecular flexibility index (Phi) is 32.9. The molecule has 0 unspecified atom stereocenters. The van der Waals surface area contributed by atoms with Crippen molar-refractivity contribution in [2.24, 2.45) is 5.92 Å². The van der Waals surface area contributed by atoms with Crippen LogP contribution >= 0.6 is 0 Å². The first kappa shape index (κ1) is 41.9. The zero-order chi connectivity index (χ0) is 31.6. The minimum absolute atomic E-state index is 0.0590. The molecule has 1 N–H and O–H groups in total. The average Bonchev–Trinajstić information content (AvgIpc) is 2.99. The first-order valence-electron chi connectivity index (χ1n) is 19.0. The molecule has 0 aromatic heterocycles. The van der Waals surface area contributed by atoms with Crippen molar-refractivity contribution in [2.45, 2.75) is 213 Å². The van der Waals surface area contributed by atoms with Crippen molar-refractivity contribution in [3.8, 4) is 0 Å². The molecule has 0 aliphatic rings. The second-order valence-corrected chi connectivity index (χ2v) is 13.5. The Bertz CT molecular complexity index is 591. The summed E-state index contributed by atoms with van der Waals surface area (Å²) in [6.45, 7) is 6.46. The molecule has 0 aliphatic heterocycles. The fourth-order valence-electron chi connectivity index (χ4n) is 5.68. The molecule has 0 bridgehead atoms. The fourth-order valence-corrected chi connectivity index (χ4v) is 5.68. The van der Waals surface area contributed by atoms with Crippen LogP contribution in [0.1, 0.15) is 207 Å². The van der Waals surface area contributed by atoms with Gasteiger partial charge in [-0.3, -0.25) is 9.59 Å². The Hall–Kier alpha value is -1.10. The number of hydrogen-bond donors (Lipinski definition) is 1. The summed E-state index contributed by atoms with van der Waals surface area (Å²) in [5, 5.41) is 9.52. The molecule has 0 spiro atoms. The number of unbranched alkanes of at least 4 members (excludes halogenated alkanes) is 24. The van der Waals surface area contributed by atoms with E-state index in [1.807, 2.05) is 0 Å². The van der Waals surface area contributed by atoms with E-state index in [2.05, 4.69) is 20.8 Å². The van der Waals surface area contributed by atoms with Crippen molar-refractivity contribution in [2.75, 3.05) is 13.2 Å². The molecule has 5 nitrogen and oxygen atoms in total. The number of ether oxygens (including phenoxy) is 2. The Balaban J connectivity index is 3.49. The molecule has 0 radical (unpaired) electrons. The van der Waals surface area contributed by atoms with Gasteiger partial charge < -0.3 is 14.6 Å². The van der Waals surface area contributed by atoms with Gasteiger partial charge in [-0.1, -0.05) is 181 Å². The number of esters is 2. The summed E-state index contributed by atoms with van der Waals surface area (Å²) in [4.78, 5) is 24.2. The van der Waals surface area contributed by atoms with E-state index in [0.29, 0.717) is 12.8 Å². The minimum Gasteiger partial charge on any atom is -0.462 e. The van der Waals surface area contributed by atoms with Crippen molar-refractivity contribution >= 4 is 11.9 Å². The quantitative estimate of drug-likeness (QED) is 0.0579. The molecule has 43 heavy (non-hydrogen) atoms. The Morgan fingerprint density at radius 1 is 0.512 bits per heavy atom. The van der Waals surface area contributed by atoms with Gasteiger partial charge in [-0.2, -0.15) is 0 Å². The lowest BCUT2D eigenvalue weighted by molar-refractivity contribution is -0.161. The van der Waals surface area contributed by atoms with Crippen LogP contribution in [-0.4, -0.2) is 36.4 Å². The Labute approximate surface area is 268 Å². The zero-order valence-corrected chi connectivity index (χ0v) is 29.2. The largest absolute Gasteiger partial charge is 0.462 e. The third-order valence-corrected chi connectivity index (χ3v) is 8.58. The smallest absolute Gasteiger partial charge is 0.306 e. The minimum atomic E-state index is -0.761. The van der Waals surface area contributed by atoms with E-state index in [1.165, 1.54) is 135 Å². The lowest BCUT2D eigenvalue weighted by Crippen LogP contribution is -2.28.